The average Bonchev–Trinajstić information content (AvgIpc) is 2.91. The number of amides is 1. The molecule has 1 aliphatic heterocycles. The summed E-state index contributed by atoms with van der Waals surface area (Å²) in [6.07, 6.45) is 3.93. The number of nitrogens with zero attached hydrogens (tertiary/aromatic N) is 1. The molecule has 4 nitrogen and oxygen atoms in total. The molecule has 0 radical (unpaired) electrons. The maximum absolute atomic E-state index is 12.2. The predicted molar refractivity (Wildman–Crippen MR) is 71.8 cm³/mol. The molecule has 0 aromatic rings. The van der Waals surface area contributed by atoms with Crippen LogP contribution < -0.4 is 5.32 Å². The Balaban J connectivity index is 1.58. The van der Waals surface area contributed by atoms with Crippen molar-refractivity contribution in [1.82, 2.24) is 10.2 Å². The van der Waals surface area contributed by atoms with E-state index < -0.39 is 6.43 Å². The molecule has 0 aromatic carbocycles. The van der Waals surface area contributed by atoms with Crippen molar-refractivity contribution in [3.05, 3.63) is 0 Å². The number of carbonyl (C=O) groups excluding carboxylic acids is 1. The van der Waals surface area contributed by atoms with E-state index in [0.717, 1.165) is 25.7 Å². The number of rotatable bonds is 6. The first-order chi connectivity index (χ1) is 9.63. The van der Waals surface area contributed by atoms with Crippen LogP contribution in [0.3, 0.4) is 0 Å². The normalized spacial score (nSPS) is 22.6. The smallest absolute Gasteiger partial charge is 0.251 e. The molecule has 0 atom stereocenters. The van der Waals surface area contributed by atoms with Crippen molar-refractivity contribution in [2.45, 2.75) is 57.1 Å². The van der Waals surface area contributed by atoms with Gasteiger partial charge in [0, 0.05) is 19.1 Å². The Hall–Kier alpha value is -0.750. The van der Waals surface area contributed by atoms with Crippen molar-refractivity contribution >= 4 is 5.91 Å². The van der Waals surface area contributed by atoms with Crippen LogP contribution in [0.1, 0.15) is 38.5 Å². The Morgan fingerprint density at radius 2 is 1.85 bits per heavy atom. The third kappa shape index (κ3) is 5.32. The highest BCUT2D eigenvalue weighted by atomic mass is 19.3. The van der Waals surface area contributed by atoms with Crippen molar-refractivity contribution in [3.63, 3.8) is 0 Å². The number of piperidine rings is 1. The highest BCUT2D eigenvalue weighted by Crippen LogP contribution is 2.20. The summed E-state index contributed by atoms with van der Waals surface area (Å²) in [6.45, 7) is 1.21. The quantitative estimate of drug-likeness (QED) is 0.811. The van der Waals surface area contributed by atoms with Gasteiger partial charge >= 0.3 is 0 Å². The van der Waals surface area contributed by atoms with Crippen molar-refractivity contribution < 1.29 is 18.3 Å². The molecule has 20 heavy (non-hydrogen) atoms. The van der Waals surface area contributed by atoms with Gasteiger partial charge in [0.15, 0.2) is 0 Å². The highest BCUT2D eigenvalue weighted by Gasteiger charge is 2.23. The van der Waals surface area contributed by atoms with E-state index in [-0.39, 0.29) is 31.2 Å². The third-order valence-electron chi connectivity index (χ3n) is 4.10. The first kappa shape index (κ1) is 15.6. The van der Waals surface area contributed by atoms with Crippen LogP contribution in [0.25, 0.3) is 0 Å². The summed E-state index contributed by atoms with van der Waals surface area (Å²) in [5, 5.41) is 2.94. The van der Waals surface area contributed by atoms with E-state index in [0.29, 0.717) is 13.1 Å². The standard InChI is InChI=1S/C14H24F2N2O2/c15-13(16)9-18-7-5-11(6-8-18)17-14(19)10-20-12-3-1-2-4-12/h11-13H,1-10H2,(H,17,19). The van der Waals surface area contributed by atoms with Gasteiger partial charge in [0.05, 0.1) is 12.6 Å². The van der Waals surface area contributed by atoms with Crippen LogP contribution >= 0.6 is 0 Å². The van der Waals surface area contributed by atoms with Gasteiger partial charge in [0.25, 0.3) is 6.43 Å². The molecule has 6 heteroatoms. The topological polar surface area (TPSA) is 41.6 Å². The highest BCUT2D eigenvalue weighted by molar-refractivity contribution is 5.77. The molecule has 2 fully saturated rings. The van der Waals surface area contributed by atoms with Gasteiger partial charge in [-0.15, -0.1) is 0 Å². The summed E-state index contributed by atoms with van der Waals surface area (Å²) in [6, 6.07) is 0.101. The fourth-order valence-corrected chi connectivity index (χ4v) is 2.97. The third-order valence-corrected chi connectivity index (χ3v) is 4.10. The average molecular weight is 290 g/mol. The molecular formula is C14H24F2N2O2. The van der Waals surface area contributed by atoms with Gasteiger partial charge in [-0.05, 0) is 25.7 Å². The molecule has 0 aromatic heterocycles. The lowest BCUT2D eigenvalue weighted by Crippen LogP contribution is -2.46. The molecule has 2 aliphatic rings. The minimum Gasteiger partial charge on any atom is -0.368 e. The van der Waals surface area contributed by atoms with Crippen molar-refractivity contribution in [2.75, 3.05) is 26.2 Å². The number of hydrogen-bond acceptors (Lipinski definition) is 3. The maximum Gasteiger partial charge on any atom is 0.251 e. The van der Waals surface area contributed by atoms with Gasteiger partial charge in [0.2, 0.25) is 5.91 Å². The van der Waals surface area contributed by atoms with Gasteiger partial charge in [-0.3, -0.25) is 9.69 Å². The molecule has 1 heterocycles. The zero-order valence-electron chi connectivity index (χ0n) is 11.8. The monoisotopic (exact) mass is 290 g/mol. The number of halogens is 2. The Morgan fingerprint density at radius 3 is 2.45 bits per heavy atom. The molecule has 1 saturated heterocycles. The van der Waals surface area contributed by atoms with Crippen LogP contribution in [-0.4, -0.2) is 55.6 Å². The molecular weight excluding hydrogens is 266 g/mol. The van der Waals surface area contributed by atoms with Gasteiger partial charge in [-0.2, -0.15) is 0 Å². The first-order valence-corrected chi connectivity index (χ1v) is 7.55. The summed E-state index contributed by atoms with van der Waals surface area (Å²) in [5.74, 6) is -0.0794. The van der Waals surface area contributed by atoms with E-state index in [2.05, 4.69) is 5.32 Å². The number of carbonyl (C=O) groups is 1. The lowest BCUT2D eigenvalue weighted by Gasteiger charge is -2.32. The van der Waals surface area contributed by atoms with E-state index in [1.165, 1.54) is 12.8 Å². The Kier molecular flexibility index (Phi) is 6.16. The number of ether oxygens (including phenoxy) is 1. The second-order valence-corrected chi connectivity index (χ2v) is 5.75. The van der Waals surface area contributed by atoms with Gasteiger partial charge < -0.3 is 10.1 Å². The molecule has 1 saturated carbocycles. The van der Waals surface area contributed by atoms with E-state index in [1.807, 2.05) is 0 Å². The summed E-state index contributed by atoms with van der Waals surface area (Å²) < 4.78 is 30.1. The van der Waals surface area contributed by atoms with E-state index in [1.54, 1.807) is 4.90 Å². The molecule has 1 amide bonds. The molecule has 0 spiro atoms. The maximum atomic E-state index is 12.2. The zero-order chi connectivity index (χ0) is 14.4. The molecule has 1 aliphatic carbocycles. The van der Waals surface area contributed by atoms with Crippen LogP contribution in [0.5, 0.6) is 0 Å². The SMILES string of the molecule is O=C(COC1CCCC1)NC1CCN(CC(F)F)CC1. The zero-order valence-corrected chi connectivity index (χ0v) is 11.8. The van der Waals surface area contributed by atoms with Gasteiger partial charge in [-0.1, -0.05) is 12.8 Å². The summed E-state index contributed by atoms with van der Waals surface area (Å²) >= 11 is 0. The van der Waals surface area contributed by atoms with Crippen LogP contribution in [0.15, 0.2) is 0 Å². The van der Waals surface area contributed by atoms with Crippen molar-refractivity contribution in [3.8, 4) is 0 Å². The number of likely N-dealkylation sites (tertiary alicyclic amines) is 1. The molecule has 0 bridgehead atoms. The fraction of sp³-hybridized carbons (Fsp3) is 0.929. The van der Waals surface area contributed by atoms with Crippen LogP contribution in [0.4, 0.5) is 8.78 Å². The first-order valence-electron chi connectivity index (χ1n) is 7.55. The van der Waals surface area contributed by atoms with E-state index in [9.17, 15) is 13.6 Å². The Morgan fingerprint density at radius 1 is 1.20 bits per heavy atom. The summed E-state index contributed by atoms with van der Waals surface area (Å²) in [7, 11) is 0. The minimum atomic E-state index is -2.28. The Bertz CT molecular complexity index is 302. The second-order valence-electron chi connectivity index (χ2n) is 5.75. The molecule has 2 rings (SSSR count). The molecule has 116 valence electrons. The molecule has 0 unspecified atom stereocenters. The van der Waals surface area contributed by atoms with Crippen LogP contribution in [0.2, 0.25) is 0 Å². The van der Waals surface area contributed by atoms with Gasteiger partial charge in [-0.25, -0.2) is 8.78 Å². The number of hydrogen-bond donors (Lipinski definition) is 1. The number of alkyl halides is 2. The van der Waals surface area contributed by atoms with Crippen molar-refractivity contribution in [2.24, 2.45) is 0 Å². The predicted octanol–water partition coefficient (Wildman–Crippen LogP) is 1.79. The largest absolute Gasteiger partial charge is 0.368 e. The van der Waals surface area contributed by atoms with Crippen molar-refractivity contribution in [1.29, 1.82) is 0 Å². The Labute approximate surface area is 118 Å². The minimum absolute atomic E-state index is 0.0794. The number of nitrogens with one attached hydrogen (secondary N) is 1. The fourth-order valence-electron chi connectivity index (χ4n) is 2.97. The lowest BCUT2D eigenvalue weighted by atomic mass is 10.1. The van der Waals surface area contributed by atoms with Crippen LogP contribution in [-0.2, 0) is 9.53 Å². The van der Waals surface area contributed by atoms with Gasteiger partial charge in [0.1, 0.15) is 6.61 Å². The molecule has 1 N–H and O–H groups in total. The summed E-state index contributed by atoms with van der Waals surface area (Å²) in [4.78, 5) is 13.5. The van der Waals surface area contributed by atoms with E-state index in [4.69, 9.17) is 4.74 Å². The van der Waals surface area contributed by atoms with E-state index >= 15 is 0 Å². The summed E-state index contributed by atoms with van der Waals surface area (Å²) in [5.41, 5.74) is 0. The van der Waals surface area contributed by atoms with Crippen LogP contribution in [0, 0.1) is 0 Å². The lowest BCUT2D eigenvalue weighted by molar-refractivity contribution is -0.128. The second kappa shape index (κ2) is 7.88.